The zero-order chi connectivity index (χ0) is 27.2. The molecule has 0 bridgehead atoms. The van der Waals surface area contributed by atoms with Gasteiger partial charge in [-0.15, -0.1) is 0 Å². The van der Waals surface area contributed by atoms with Gasteiger partial charge in [0.15, 0.2) is 18.0 Å². The molecular weight excluding hydrogens is 502 g/mol. The van der Waals surface area contributed by atoms with E-state index in [0.717, 1.165) is 0 Å². The Hall–Kier alpha value is -4.83. The van der Waals surface area contributed by atoms with Gasteiger partial charge >= 0.3 is 17.9 Å². The molecule has 4 aromatic rings. The highest BCUT2D eigenvalue weighted by molar-refractivity contribution is 5.91. The predicted molar refractivity (Wildman–Crippen MR) is 136 cm³/mol. The zero-order valence-corrected chi connectivity index (χ0v) is 21.0. The average Bonchev–Trinajstić information content (AvgIpc) is 3.59. The molecule has 4 atom stereocenters. The van der Waals surface area contributed by atoms with Gasteiger partial charge in [-0.05, 0) is 43.3 Å². The molecule has 1 aliphatic heterocycles. The second-order valence-electron chi connectivity index (χ2n) is 8.63. The summed E-state index contributed by atoms with van der Waals surface area (Å²) in [6, 6.07) is 24.9. The lowest BCUT2D eigenvalue weighted by Crippen LogP contribution is -2.40. The van der Waals surface area contributed by atoms with E-state index in [-0.39, 0.29) is 22.5 Å². The summed E-state index contributed by atoms with van der Waals surface area (Å²) in [6.07, 6.45) is -3.56. The van der Waals surface area contributed by atoms with Crippen LogP contribution in [0.1, 0.15) is 49.9 Å². The molecule has 10 heteroatoms. The number of aromatic nitrogens is 3. The molecule has 0 spiro atoms. The first kappa shape index (κ1) is 25.8. The summed E-state index contributed by atoms with van der Waals surface area (Å²) < 4.78 is 24.9. The SMILES string of the molecule is CCn1cnc([C@H]2O[C@@H](OC(=O)c3ccccc3)[C@H](OC(=O)c3ccccc3)[C@@H]2OC(=O)c2ccccc2)n1. The number of carbonyl (C=O) groups is 3. The van der Waals surface area contributed by atoms with Crippen molar-refractivity contribution in [1.29, 1.82) is 0 Å². The van der Waals surface area contributed by atoms with Crippen LogP contribution in [-0.4, -0.2) is 51.2 Å². The lowest BCUT2D eigenvalue weighted by atomic mass is 10.1. The van der Waals surface area contributed by atoms with Crippen LogP contribution in [0.5, 0.6) is 0 Å². The highest BCUT2D eigenvalue weighted by atomic mass is 16.7. The van der Waals surface area contributed by atoms with E-state index < -0.39 is 42.5 Å². The highest BCUT2D eigenvalue weighted by Crippen LogP contribution is 2.38. The minimum Gasteiger partial charge on any atom is -0.451 e. The van der Waals surface area contributed by atoms with Crippen LogP contribution in [0.2, 0.25) is 0 Å². The fourth-order valence-corrected chi connectivity index (χ4v) is 4.05. The van der Waals surface area contributed by atoms with Crippen LogP contribution >= 0.6 is 0 Å². The number of carbonyl (C=O) groups excluding carboxylic acids is 3. The van der Waals surface area contributed by atoms with E-state index in [2.05, 4.69) is 10.1 Å². The van der Waals surface area contributed by atoms with Crippen molar-refractivity contribution in [3.63, 3.8) is 0 Å². The molecule has 0 saturated carbocycles. The van der Waals surface area contributed by atoms with Gasteiger partial charge in [0.25, 0.3) is 0 Å². The smallest absolute Gasteiger partial charge is 0.340 e. The topological polar surface area (TPSA) is 119 Å². The predicted octanol–water partition coefficient (Wildman–Crippen LogP) is 4.00. The van der Waals surface area contributed by atoms with Crippen molar-refractivity contribution in [3.05, 3.63) is 120 Å². The number of esters is 3. The van der Waals surface area contributed by atoms with E-state index in [4.69, 9.17) is 18.9 Å². The zero-order valence-electron chi connectivity index (χ0n) is 21.0. The summed E-state index contributed by atoms with van der Waals surface area (Å²) in [5, 5.41) is 4.39. The maximum Gasteiger partial charge on any atom is 0.340 e. The van der Waals surface area contributed by atoms with Crippen molar-refractivity contribution in [2.24, 2.45) is 0 Å². The molecule has 0 unspecified atom stereocenters. The van der Waals surface area contributed by atoms with Crippen molar-refractivity contribution in [1.82, 2.24) is 14.8 Å². The Morgan fingerprint density at radius 1 is 0.718 bits per heavy atom. The fourth-order valence-electron chi connectivity index (χ4n) is 4.05. The molecule has 0 aliphatic carbocycles. The Morgan fingerprint density at radius 2 is 1.18 bits per heavy atom. The van der Waals surface area contributed by atoms with E-state index in [1.54, 1.807) is 95.7 Å². The molecule has 0 radical (unpaired) electrons. The second kappa shape index (κ2) is 11.7. The summed E-state index contributed by atoms with van der Waals surface area (Å²) in [7, 11) is 0. The Morgan fingerprint density at radius 3 is 1.64 bits per heavy atom. The third-order valence-electron chi connectivity index (χ3n) is 6.04. The molecule has 1 aliphatic rings. The minimum atomic E-state index is -1.42. The molecule has 198 valence electrons. The summed E-state index contributed by atoms with van der Waals surface area (Å²) in [5.41, 5.74) is 0.806. The number of rotatable bonds is 8. The fraction of sp³-hybridized carbons (Fsp3) is 0.207. The number of aryl methyl sites for hydroxylation is 1. The van der Waals surface area contributed by atoms with Crippen molar-refractivity contribution in [2.75, 3.05) is 0 Å². The third kappa shape index (κ3) is 5.86. The molecule has 0 N–H and O–H groups in total. The van der Waals surface area contributed by atoms with Gasteiger partial charge in [-0.2, -0.15) is 5.10 Å². The summed E-state index contributed by atoms with van der Waals surface area (Å²) in [4.78, 5) is 43.5. The number of ether oxygens (including phenoxy) is 4. The van der Waals surface area contributed by atoms with Crippen molar-refractivity contribution < 1.29 is 33.3 Å². The Bertz CT molecular complexity index is 1430. The molecule has 1 aromatic heterocycles. The van der Waals surface area contributed by atoms with Gasteiger partial charge in [0.2, 0.25) is 12.4 Å². The number of hydrogen-bond acceptors (Lipinski definition) is 9. The van der Waals surface area contributed by atoms with Gasteiger partial charge < -0.3 is 18.9 Å². The summed E-state index contributed by atoms with van der Waals surface area (Å²) in [6.45, 7) is 2.42. The quantitative estimate of drug-likeness (QED) is 0.247. The van der Waals surface area contributed by atoms with Crippen LogP contribution in [0.25, 0.3) is 0 Å². The Balaban J connectivity index is 1.50. The van der Waals surface area contributed by atoms with Crippen molar-refractivity contribution in [3.8, 4) is 0 Å². The molecule has 3 aromatic carbocycles. The van der Waals surface area contributed by atoms with Gasteiger partial charge in [-0.3, -0.25) is 4.68 Å². The van der Waals surface area contributed by atoms with Gasteiger partial charge in [0, 0.05) is 6.54 Å². The van der Waals surface area contributed by atoms with Gasteiger partial charge in [0.05, 0.1) is 16.7 Å². The summed E-state index contributed by atoms with van der Waals surface area (Å²) in [5.74, 6) is -1.91. The van der Waals surface area contributed by atoms with Gasteiger partial charge in [-0.1, -0.05) is 54.6 Å². The molecule has 2 heterocycles. The van der Waals surface area contributed by atoms with Gasteiger partial charge in [-0.25, -0.2) is 19.4 Å². The van der Waals surface area contributed by atoms with E-state index in [1.807, 2.05) is 6.92 Å². The monoisotopic (exact) mass is 527 g/mol. The molecule has 5 rings (SSSR count). The van der Waals surface area contributed by atoms with Crippen LogP contribution < -0.4 is 0 Å². The molecule has 39 heavy (non-hydrogen) atoms. The normalized spacial score (nSPS) is 20.2. The molecule has 1 fully saturated rings. The van der Waals surface area contributed by atoms with Crippen LogP contribution in [0, 0.1) is 0 Å². The Labute approximate surface area is 224 Å². The van der Waals surface area contributed by atoms with E-state index in [9.17, 15) is 14.4 Å². The molecule has 0 amide bonds. The van der Waals surface area contributed by atoms with E-state index in [0.29, 0.717) is 6.54 Å². The highest BCUT2D eigenvalue weighted by Gasteiger charge is 2.54. The average molecular weight is 528 g/mol. The largest absolute Gasteiger partial charge is 0.451 e. The Kier molecular flexibility index (Phi) is 7.74. The number of benzene rings is 3. The maximum absolute atomic E-state index is 13.1. The minimum absolute atomic E-state index is 0.182. The third-order valence-corrected chi connectivity index (χ3v) is 6.04. The van der Waals surface area contributed by atoms with Crippen molar-refractivity contribution in [2.45, 2.75) is 38.1 Å². The molecular formula is C29H25N3O7. The first-order chi connectivity index (χ1) is 19.0. The van der Waals surface area contributed by atoms with Crippen LogP contribution in [0.4, 0.5) is 0 Å². The number of nitrogens with zero attached hydrogens (tertiary/aromatic N) is 3. The first-order valence-electron chi connectivity index (χ1n) is 12.4. The lowest BCUT2D eigenvalue weighted by Gasteiger charge is -2.23. The van der Waals surface area contributed by atoms with E-state index >= 15 is 0 Å². The number of hydrogen-bond donors (Lipinski definition) is 0. The maximum atomic E-state index is 13.1. The summed E-state index contributed by atoms with van der Waals surface area (Å²) >= 11 is 0. The molecule has 10 nitrogen and oxygen atoms in total. The van der Waals surface area contributed by atoms with E-state index in [1.165, 1.54) is 6.33 Å². The first-order valence-corrected chi connectivity index (χ1v) is 12.4. The lowest BCUT2D eigenvalue weighted by molar-refractivity contribution is -0.138. The van der Waals surface area contributed by atoms with Crippen molar-refractivity contribution >= 4 is 17.9 Å². The van der Waals surface area contributed by atoms with Crippen LogP contribution in [0.3, 0.4) is 0 Å². The second-order valence-corrected chi connectivity index (χ2v) is 8.63. The van der Waals surface area contributed by atoms with Gasteiger partial charge in [0.1, 0.15) is 6.33 Å². The van der Waals surface area contributed by atoms with Crippen LogP contribution in [0.15, 0.2) is 97.3 Å². The van der Waals surface area contributed by atoms with Crippen LogP contribution in [-0.2, 0) is 25.5 Å². The standard InChI is InChI=1S/C29H25N3O7/c1-2-32-18-30-25(31-32)23-22(36-26(33)19-12-6-3-7-13-19)24(37-27(34)20-14-8-4-9-15-20)29(38-23)39-28(35)21-16-10-5-11-17-21/h3-18,22-24,29H,2H2,1H3/t22-,23+,24-,29+/m1/s1. The molecule has 1 saturated heterocycles.